The number of carbonyl (C=O) groups is 4. The van der Waals surface area contributed by atoms with Gasteiger partial charge in [0.25, 0.3) is 11.8 Å². The summed E-state index contributed by atoms with van der Waals surface area (Å²) in [6.07, 6.45) is 0.915. The highest BCUT2D eigenvalue weighted by Crippen LogP contribution is 2.38. The van der Waals surface area contributed by atoms with Crippen LogP contribution >= 0.6 is 0 Å². The zero-order chi connectivity index (χ0) is 39.1. The topological polar surface area (TPSA) is 201 Å². The summed E-state index contributed by atoms with van der Waals surface area (Å²) in [5.41, 5.74) is 23.5. The number of hydrogen-bond donors (Lipinski definition) is 4. The zero-order valence-electron chi connectivity index (χ0n) is 30.5. The molecular weight excluding hydrogens is 717 g/mol. The van der Waals surface area contributed by atoms with Gasteiger partial charge in [-0.25, -0.2) is 10.9 Å². The van der Waals surface area contributed by atoms with Crippen LogP contribution in [0.5, 0.6) is 11.5 Å². The van der Waals surface area contributed by atoms with E-state index in [1.54, 1.807) is 131 Å². The molecule has 16 nitrogen and oxygen atoms in total. The third kappa shape index (κ3) is 6.46. The molecule has 284 valence electrons. The Labute approximate surface area is 321 Å². The number of benzene rings is 4. The van der Waals surface area contributed by atoms with Crippen molar-refractivity contribution in [3.05, 3.63) is 120 Å². The van der Waals surface area contributed by atoms with Crippen LogP contribution in [0.4, 0.5) is 34.1 Å². The van der Waals surface area contributed by atoms with Gasteiger partial charge >= 0.3 is 0 Å². The summed E-state index contributed by atoms with van der Waals surface area (Å²) in [5.74, 6) is -0.336. The molecule has 4 heterocycles. The Morgan fingerprint density at radius 3 is 1.23 bits per heavy atom. The van der Waals surface area contributed by atoms with Gasteiger partial charge in [-0.05, 0) is 121 Å². The van der Waals surface area contributed by atoms with Crippen LogP contribution in [-0.4, -0.2) is 63.0 Å². The van der Waals surface area contributed by atoms with E-state index >= 15 is 0 Å². The molecule has 2 unspecified atom stereocenters. The predicted molar refractivity (Wildman–Crippen MR) is 208 cm³/mol. The fraction of sp³-hybridized carbons (Fsp3) is 0.200. The van der Waals surface area contributed by atoms with Crippen molar-refractivity contribution < 1.29 is 28.7 Å². The number of ether oxygens (including phenoxy) is 2. The molecule has 0 bridgehead atoms. The summed E-state index contributed by atoms with van der Waals surface area (Å²) >= 11 is 0. The lowest BCUT2D eigenvalue weighted by atomic mass is 9.98. The molecule has 4 aliphatic heterocycles. The van der Waals surface area contributed by atoms with Gasteiger partial charge in [0.1, 0.15) is 35.0 Å². The van der Waals surface area contributed by atoms with Crippen LogP contribution in [0.3, 0.4) is 0 Å². The van der Waals surface area contributed by atoms with Gasteiger partial charge in [0.2, 0.25) is 11.8 Å². The minimum Gasteiger partial charge on any atom is -0.497 e. The van der Waals surface area contributed by atoms with Gasteiger partial charge in [0.15, 0.2) is 0 Å². The molecule has 0 saturated carbocycles. The first kappa shape index (κ1) is 36.0. The zero-order valence-corrected chi connectivity index (χ0v) is 30.5. The first-order valence-electron chi connectivity index (χ1n) is 17.9. The van der Waals surface area contributed by atoms with Crippen molar-refractivity contribution in [2.45, 2.75) is 24.9 Å². The van der Waals surface area contributed by atoms with Crippen molar-refractivity contribution >= 4 is 57.8 Å². The molecule has 4 aromatic rings. The number of methoxy groups -OCH3 is 2. The van der Waals surface area contributed by atoms with Crippen molar-refractivity contribution in [2.75, 3.05) is 47.1 Å². The average Bonchev–Trinajstić information content (AvgIpc) is 3.82. The van der Waals surface area contributed by atoms with Gasteiger partial charge in [0.05, 0.1) is 37.0 Å². The molecule has 6 N–H and O–H groups in total. The number of hydrazine groups is 2. The number of primary amides is 2. The number of nitrogens with zero attached hydrogens (tertiary/aromatic N) is 6. The number of nitrogens with one attached hydrogen (secondary N) is 2. The number of carbonyl (C=O) groups excluding carboxylic acids is 4. The molecule has 4 aliphatic rings. The first-order valence-corrected chi connectivity index (χ1v) is 17.9. The van der Waals surface area contributed by atoms with Gasteiger partial charge < -0.3 is 30.7 Å². The maximum atomic E-state index is 14.0. The third-order valence-electron chi connectivity index (χ3n) is 10.2. The molecule has 16 heteroatoms. The standard InChI is InChI=1S/C40H38N10O6/c1-55-29-15-11-27(12-16-29)49-35-31(33(45-49)37(41)51)19-21-47(39(35)53)25-7-3-23(4-8-25)43-44-24-5-9-26(10-6-24)48-22-20-32-34(38(42)52)46-50(36(32)40(48)54)28-13-17-30(56-2)18-14-28/h3-18,33-34,45-46H,19-22H2,1-2H3,(H2,41,51)(H2,42,52)/b44-43+. The molecule has 4 amide bonds. The number of anilines is 4. The highest BCUT2D eigenvalue weighted by atomic mass is 16.5. The lowest BCUT2D eigenvalue weighted by Gasteiger charge is -2.31. The van der Waals surface area contributed by atoms with Crippen LogP contribution < -0.4 is 51.6 Å². The quantitative estimate of drug-likeness (QED) is 0.172. The maximum Gasteiger partial charge on any atom is 0.276 e. The third-order valence-corrected chi connectivity index (χ3v) is 10.2. The average molecular weight is 755 g/mol. The number of azo groups is 1. The van der Waals surface area contributed by atoms with Gasteiger partial charge in [-0.15, -0.1) is 0 Å². The predicted octanol–water partition coefficient (Wildman–Crippen LogP) is 3.86. The number of hydrogen-bond acceptors (Lipinski definition) is 12. The molecule has 56 heavy (non-hydrogen) atoms. The van der Waals surface area contributed by atoms with Crippen molar-refractivity contribution in [3.8, 4) is 11.5 Å². The summed E-state index contributed by atoms with van der Waals surface area (Å²) in [6.45, 7) is 0.735. The minimum absolute atomic E-state index is 0.266. The number of nitrogens with two attached hydrogens (primary N) is 2. The second kappa shape index (κ2) is 14.7. The Morgan fingerprint density at radius 2 is 0.911 bits per heavy atom. The monoisotopic (exact) mass is 754 g/mol. The van der Waals surface area contributed by atoms with Crippen LogP contribution in [0.25, 0.3) is 0 Å². The SMILES string of the molecule is COc1ccc(N2NC(C(N)=O)C3=C2C(=O)N(c2ccc(/N=N/c4ccc(N5CCC6=C(C5=O)N(c5ccc(OC)cc5)NC6C(N)=O)cc4)cc2)CC3)cc1. The largest absolute Gasteiger partial charge is 0.497 e. The van der Waals surface area contributed by atoms with Crippen molar-refractivity contribution in [3.63, 3.8) is 0 Å². The van der Waals surface area contributed by atoms with Gasteiger partial charge in [-0.3, -0.25) is 29.2 Å². The van der Waals surface area contributed by atoms with Crippen LogP contribution in [0.15, 0.2) is 130 Å². The Balaban J connectivity index is 0.954. The van der Waals surface area contributed by atoms with E-state index in [9.17, 15) is 19.2 Å². The van der Waals surface area contributed by atoms with E-state index in [0.717, 1.165) is 0 Å². The molecular formula is C40H38N10O6. The molecule has 0 aromatic heterocycles. The molecule has 0 aliphatic carbocycles. The number of amides is 4. The van der Waals surface area contributed by atoms with Gasteiger partial charge in [0, 0.05) is 24.5 Å². The lowest BCUT2D eigenvalue weighted by molar-refractivity contribution is -0.119. The summed E-state index contributed by atoms with van der Waals surface area (Å²) < 4.78 is 10.5. The van der Waals surface area contributed by atoms with Crippen molar-refractivity contribution in [1.82, 2.24) is 10.9 Å². The first-order chi connectivity index (χ1) is 27.1. The molecule has 4 aromatic carbocycles. The van der Waals surface area contributed by atoms with E-state index in [0.29, 0.717) is 94.1 Å². The summed E-state index contributed by atoms with van der Waals surface area (Å²) in [7, 11) is 3.15. The van der Waals surface area contributed by atoms with E-state index in [4.69, 9.17) is 20.9 Å². The highest BCUT2D eigenvalue weighted by Gasteiger charge is 2.44. The minimum atomic E-state index is -0.795. The Kier molecular flexibility index (Phi) is 9.41. The fourth-order valence-electron chi connectivity index (χ4n) is 7.37. The summed E-state index contributed by atoms with van der Waals surface area (Å²) in [6, 6.07) is 27.0. The summed E-state index contributed by atoms with van der Waals surface area (Å²) in [5, 5.41) is 12.0. The molecule has 8 rings (SSSR count). The smallest absolute Gasteiger partial charge is 0.276 e. The molecule has 0 radical (unpaired) electrons. The summed E-state index contributed by atoms with van der Waals surface area (Å²) in [4.78, 5) is 55.9. The second-order valence-electron chi connectivity index (χ2n) is 13.4. The Hall–Kier alpha value is -7.04. The molecule has 0 saturated heterocycles. The van der Waals surface area contributed by atoms with E-state index in [1.165, 1.54) is 0 Å². The lowest BCUT2D eigenvalue weighted by Crippen LogP contribution is -2.45. The van der Waals surface area contributed by atoms with E-state index in [1.807, 2.05) is 0 Å². The molecule has 0 spiro atoms. The normalized spacial score (nSPS) is 19.5. The number of rotatable bonds is 10. The van der Waals surface area contributed by atoms with Gasteiger partial charge in [-0.2, -0.15) is 10.2 Å². The van der Waals surface area contributed by atoms with E-state index < -0.39 is 23.9 Å². The fourth-order valence-corrected chi connectivity index (χ4v) is 7.37. The van der Waals surface area contributed by atoms with E-state index in [2.05, 4.69) is 21.1 Å². The van der Waals surface area contributed by atoms with Crippen LogP contribution in [0, 0.1) is 0 Å². The maximum absolute atomic E-state index is 14.0. The van der Waals surface area contributed by atoms with Crippen LogP contribution in [-0.2, 0) is 19.2 Å². The van der Waals surface area contributed by atoms with Crippen LogP contribution in [0.2, 0.25) is 0 Å². The van der Waals surface area contributed by atoms with Crippen molar-refractivity contribution in [2.24, 2.45) is 21.7 Å². The molecule has 2 atom stereocenters. The Morgan fingerprint density at radius 1 is 0.571 bits per heavy atom. The van der Waals surface area contributed by atoms with E-state index in [-0.39, 0.29) is 11.8 Å². The second-order valence-corrected chi connectivity index (χ2v) is 13.4. The van der Waals surface area contributed by atoms with Crippen LogP contribution in [0.1, 0.15) is 12.8 Å². The van der Waals surface area contributed by atoms with Gasteiger partial charge in [-0.1, -0.05) is 0 Å². The van der Waals surface area contributed by atoms with Crippen molar-refractivity contribution in [1.29, 1.82) is 0 Å². The molecule has 0 fully saturated rings. The highest BCUT2D eigenvalue weighted by molar-refractivity contribution is 6.12. The Bertz CT molecular complexity index is 2140.